The smallest absolute Gasteiger partial charge is 0.343 e. The lowest BCUT2D eigenvalue weighted by Gasteiger charge is -2.09. The van der Waals surface area contributed by atoms with Crippen LogP contribution in [0.3, 0.4) is 0 Å². The van der Waals surface area contributed by atoms with Crippen molar-refractivity contribution in [3.05, 3.63) is 63.9 Å². The van der Waals surface area contributed by atoms with Gasteiger partial charge in [-0.25, -0.2) is 14.0 Å². The summed E-state index contributed by atoms with van der Waals surface area (Å²) in [5, 5.41) is 4.36. The number of hydrogen-bond acceptors (Lipinski definition) is 4. The monoisotopic (exact) mass is 378 g/mol. The number of halogens is 2. The van der Waals surface area contributed by atoms with Gasteiger partial charge >= 0.3 is 12.0 Å². The van der Waals surface area contributed by atoms with Crippen LogP contribution in [0, 0.1) is 19.7 Å². The molecule has 0 radical (unpaired) electrons. The number of amides is 3. The lowest BCUT2D eigenvalue weighted by molar-refractivity contribution is -0.123. The SMILES string of the molecule is Cc1ccc(NC(=O)NC(=O)COC(=O)c2c(F)cccc2Cl)cc1C. The topological polar surface area (TPSA) is 84.5 Å². The zero-order chi connectivity index (χ0) is 19.3. The van der Waals surface area contributed by atoms with Crippen molar-refractivity contribution >= 4 is 35.2 Å². The van der Waals surface area contributed by atoms with Crippen molar-refractivity contribution in [3.63, 3.8) is 0 Å². The number of hydrogen-bond donors (Lipinski definition) is 2. The Morgan fingerprint density at radius 3 is 2.50 bits per heavy atom. The summed E-state index contributed by atoms with van der Waals surface area (Å²) in [7, 11) is 0. The van der Waals surface area contributed by atoms with E-state index in [0.29, 0.717) is 5.69 Å². The molecule has 0 unspecified atom stereocenters. The Labute approximate surface area is 154 Å². The van der Waals surface area contributed by atoms with Crippen LogP contribution < -0.4 is 10.6 Å². The molecule has 0 saturated heterocycles. The molecule has 2 rings (SSSR count). The van der Waals surface area contributed by atoms with E-state index in [1.165, 1.54) is 12.1 Å². The summed E-state index contributed by atoms with van der Waals surface area (Å²) >= 11 is 5.73. The molecule has 2 aromatic carbocycles. The summed E-state index contributed by atoms with van der Waals surface area (Å²) in [6.07, 6.45) is 0. The summed E-state index contributed by atoms with van der Waals surface area (Å²) in [6.45, 7) is 3.06. The number of carbonyl (C=O) groups excluding carboxylic acids is 3. The van der Waals surface area contributed by atoms with Gasteiger partial charge in [0.25, 0.3) is 5.91 Å². The Balaban J connectivity index is 1.87. The lowest BCUT2D eigenvalue weighted by Crippen LogP contribution is -2.37. The van der Waals surface area contributed by atoms with Gasteiger partial charge in [-0.1, -0.05) is 23.7 Å². The van der Waals surface area contributed by atoms with Gasteiger partial charge in [0.15, 0.2) is 6.61 Å². The van der Waals surface area contributed by atoms with Crippen LogP contribution in [-0.4, -0.2) is 24.5 Å². The van der Waals surface area contributed by atoms with Crippen LogP contribution in [0.5, 0.6) is 0 Å². The van der Waals surface area contributed by atoms with E-state index in [1.807, 2.05) is 25.2 Å². The third-order valence-electron chi connectivity index (χ3n) is 3.52. The number of urea groups is 1. The van der Waals surface area contributed by atoms with Gasteiger partial charge in [0, 0.05) is 5.69 Å². The van der Waals surface area contributed by atoms with Crippen molar-refractivity contribution in [1.82, 2.24) is 5.32 Å². The fraction of sp³-hybridized carbons (Fsp3) is 0.167. The average Bonchev–Trinajstić information content (AvgIpc) is 2.56. The Kier molecular flexibility index (Phi) is 6.30. The van der Waals surface area contributed by atoms with Crippen LogP contribution in [0.15, 0.2) is 36.4 Å². The van der Waals surface area contributed by atoms with Gasteiger partial charge in [-0.2, -0.15) is 0 Å². The third-order valence-corrected chi connectivity index (χ3v) is 3.83. The number of rotatable bonds is 4. The van der Waals surface area contributed by atoms with Crippen LogP contribution in [0.4, 0.5) is 14.9 Å². The maximum Gasteiger partial charge on any atom is 0.343 e. The molecule has 0 atom stereocenters. The van der Waals surface area contributed by atoms with Crippen LogP contribution in [0.2, 0.25) is 5.02 Å². The fourth-order valence-electron chi connectivity index (χ4n) is 2.04. The molecule has 6 nitrogen and oxygen atoms in total. The van der Waals surface area contributed by atoms with Crippen molar-refractivity contribution in [2.75, 3.05) is 11.9 Å². The van der Waals surface area contributed by atoms with Crippen molar-refractivity contribution in [2.24, 2.45) is 0 Å². The molecule has 8 heteroatoms. The first kappa shape index (κ1) is 19.4. The number of nitrogens with one attached hydrogen (secondary N) is 2. The first-order chi connectivity index (χ1) is 12.3. The van der Waals surface area contributed by atoms with Crippen molar-refractivity contribution in [3.8, 4) is 0 Å². The van der Waals surface area contributed by atoms with Gasteiger partial charge in [0.1, 0.15) is 11.4 Å². The molecule has 2 aromatic rings. The fourth-order valence-corrected chi connectivity index (χ4v) is 2.28. The molecule has 0 spiro atoms. The molecule has 2 N–H and O–H groups in total. The van der Waals surface area contributed by atoms with Gasteiger partial charge in [-0.3, -0.25) is 10.1 Å². The summed E-state index contributed by atoms with van der Waals surface area (Å²) in [4.78, 5) is 35.3. The van der Waals surface area contributed by atoms with Crippen LogP contribution in [0.1, 0.15) is 21.5 Å². The number of ether oxygens (including phenoxy) is 1. The quantitative estimate of drug-likeness (QED) is 0.796. The number of esters is 1. The second-order valence-electron chi connectivity index (χ2n) is 5.47. The molecule has 136 valence electrons. The second-order valence-corrected chi connectivity index (χ2v) is 5.88. The predicted octanol–water partition coefficient (Wildman–Crippen LogP) is 3.60. The van der Waals surface area contributed by atoms with E-state index in [1.54, 1.807) is 12.1 Å². The molecule has 0 aromatic heterocycles. The number of imide groups is 1. The van der Waals surface area contributed by atoms with E-state index in [4.69, 9.17) is 11.6 Å². The van der Waals surface area contributed by atoms with Gasteiger partial charge in [-0.15, -0.1) is 0 Å². The minimum atomic E-state index is -1.10. The van der Waals surface area contributed by atoms with Crippen molar-refractivity contribution in [2.45, 2.75) is 13.8 Å². The first-order valence-corrected chi connectivity index (χ1v) is 7.95. The van der Waals surface area contributed by atoms with E-state index in [2.05, 4.69) is 10.1 Å². The lowest BCUT2D eigenvalue weighted by atomic mass is 10.1. The average molecular weight is 379 g/mol. The maximum absolute atomic E-state index is 13.6. The Hall–Kier alpha value is -2.93. The molecule has 26 heavy (non-hydrogen) atoms. The first-order valence-electron chi connectivity index (χ1n) is 7.57. The second kappa shape index (κ2) is 8.44. The molecular weight excluding hydrogens is 363 g/mol. The molecule has 0 heterocycles. The van der Waals surface area contributed by atoms with Gasteiger partial charge in [0.05, 0.1) is 5.02 Å². The molecule has 0 fully saturated rings. The van der Waals surface area contributed by atoms with Gasteiger partial charge < -0.3 is 10.1 Å². The zero-order valence-electron chi connectivity index (χ0n) is 14.1. The highest BCUT2D eigenvalue weighted by Crippen LogP contribution is 2.19. The third kappa shape index (κ3) is 5.03. The highest BCUT2D eigenvalue weighted by molar-refractivity contribution is 6.33. The molecule has 0 aliphatic heterocycles. The maximum atomic E-state index is 13.6. The van der Waals surface area contributed by atoms with E-state index in [0.717, 1.165) is 17.2 Å². The molecule has 0 bridgehead atoms. The van der Waals surface area contributed by atoms with Crippen molar-refractivity contribution in [1.29, 1.82) is 0 Å². The minimum absolute atomic E-state index is 0.136. The molecule has 0 saturated carbocycles. The highest BCUT2D eigenvalue weighted by atomic mass is 35.5. The predicted molar refractivity (Wildman–Crippen MR) is 94.8 cm³/mol. The van der Waals surface area contributed by atoms with Crippen LogP contribution >= 0.6 is 11.6 Å². The number of carbonyl (C=O) groups is 3. The minimum Gasteiger partial charge on any atom is -0.452 e. The highest BCUT2D eigenvalue weighted by Gasteiger charge is 2.19. The molecular formula is C18H16ClFN2O4. The largest absolute Gasteiger partial charge is 0.452 e. The molecule has 0 aliphatic rings. The normalized spacial score (nSPS) is 10.2. The van der Waals surface area contributed by atoms with Gasteiger partial charge in [-0.05, 0) is 49.2 Å². The number of anilines is 1. The summed E-state index contributed by atoms with van der Waals surface area (Å²) in [5.74, 6) is -2.83. The number of aryl methyl sites for hydroxylation is 2. The summed E-state index contributed by atoms with van der Waals surface area (Å²) in [5.41, 5.74) is 2.07. The number of benzene rings is 2. The van der Waals surface area contributed by atoms with E-state index in [-0.39, 0.29) is 5.02 Å². The summed E-state index contributed by atoms with van der Waals surface area (Å²) in [6, 6.07) is 8.17. The van der Waals surface area contributed by atoms with Crippen LogP contribution in [0.25, 0.3) is 0 Å². The Morgan fingerprint density at radius 2 is 1.85 bits per heavy atom. The van der Waals surface area contributed by atoms with Crippen LogP contribution in [-0.2, 0) is 9.53 Å². The van der Waals surface area contributed by atoms with Crippen molar-refractivity contribution < 1.29 is 23.5 Å². The zero-order valence-corrected chi connectivity index (χ0v) is 14.8. The molecule has 0 aliphatic carbocycles. The van der Waals surface area contributed by atoms with E-state index >= 15 is 0 Å². The van der Waals surface area contributed by atoms with Gasteiger partial charge in [0.2, 0.25) is 0 Å². The van der Waals surface area contributed by atoms with E-state index < -0.39 is 35.9 Å². The Morgan fingerprint density at radius 1 is 1.12 bits per heavy atom. The standard InChI is InChI=1S/C18H16ClFN2O4/c1-10-6-7-12(8-11(10)2)21-18(25)22-15(23)9-26-17(24)16-13(19)4-3-5-14(16)20/h3-8H,9H2,1-2H3,(H2,21,22,23,25). The summed E-state index contributed by atoms with van der Waals surface area (Å²) < 4.78 is 18.3. The Bertz CT molecular complexity index is 850. The molecule has 3 amide bonds. The van der Waals surface area contributed by atoms with E-state index in [9.17, 15) is 18.8 Å².